The minimum absolute atomic E-state index is 0.168. The number of methoxy groups -OCH3 is 1. The Morgan fingerprint density at radius 1 is 1.06 bits per heavy atom. The summed E-state index contributed by atoms with van der Waals surface area (Å²) in [5.74, 6) is 0.871. The first-order valence-corrected chi connectivity index (χ1v) is 10.5. The number of amides is 2. The number of benzene rings is 1. The molecule has 6 atom stereocenters. The number of hydrogen-bond acceptors (Lipinski definition) is 6. The van der Waals surface area contributed by atoms with E-state index in [1.807, 2.05) is 0 Å². The van der Waals surface area contributed by atoms with Crippen LogP contribution in [0.2, 0.25) is 0 Å². The predicted molar refractivity (Wildman–Crippen MR) is 110 cm³/mol. The molecule has 5 aliphatic rings. The van der Waals surface area contributed by atoms with Gasteiger partial charge in [-0.05, 0) is 48.3 Å². The van der Waals surface area contributed by atoms with E-state index in [2.05, 4.69) is 17.3 Å². The molecule has 1 aliphatic heterocycles. The standard InChI is InChI=1S/C24H20N2O5/c1-30-24(29)16-5-3-2-4-13(16)19-9-6-12(31-19)11-25-26-22(27)20-14-7-8-15(18-10-17(14)18)21(20)23(26)28/h2-9,11,14-15,17-18,20-21H,10H2,1H3/b25-11-/t14-,15-,17-,18-,20-,21+/m0/s1. The van der Waals surface area contributed by atoms with Gasteiger partial charge in [-0.2, -0.15) is 10.1 Å². The second kappa shape index (κ2) is 6.51. The average molecular weight is 416 g/mol. The third-order valence-corrected chi connectivity index (χ3v) is 7.16. The van der Waals surface area contributed by atoms with Gasteiger partial charge in [0.1, 0.15) is 11.5 Å². The van der Waals surface area contributed by atoms with E-state index in [0.29, 0.717) is 34.5 Å². The van der Waals surface area contributed by atoms with Gasteiger partial charge >= 0.3 is 5.97 Å². The van der Waals surface area contributed by atoms with Crippen molar-refractivity contribution in [3.8, 4) is 11.3 Å². The average Bonchev–Trinajstić information content (AvgIpc) is 3.44. The summed E-state index contributed by atoms with van der Waals surface area (Å²) >= 11 is 0. The number of hydrazone groups is 1. The fourth-order valence-corrected chi connectivity index (χ4v) is 5.72. The van der Waals surface area contributed by atoms with Crippen molar-refractivity contribution in [2.75, 3.05) is 7.11 Å². The molecule has 1 aromatic carbocycles. The molecule has 2 aromatic rings. The van der Waals surface area contributed by atoms with Gasteiger partial charge in [0.15, 0.2) is 0 Å². The van der Waals surface area contributed by atoms with Crippen LogP contribution in [-0.2, 0) is 14.3 Å². The van der Waals surface area contributed by atoms with E-state index in [9.17, 15) is 14.4 Å². The molecule has 1 aromatic heterocycles. The second-order valence-electron chi connectivity index (χ2n) is 8.63. The van der Waals surface area contributed by atoms with Crippen molar-refractivity contribution >= 4 is 24.0 Å². The highest BCUT2D eigenvalue weighted by Gasteiger charge is 2.67. The second-order valence-corrected chi connectivity index (χ2v) is 8.63. The summed E-state index contributed by atoms with van der Waals surface area (Å²) in [6.45, 7) is 0. The van der Waals surface area contributed by atoms with Crippen LogP contribution in [0.1, 0.15) is 22.5 Å². The molecular weight excluding hydrogens is 396 g/mol. The maximum absolute atomic E-state index is 13.0. The summed E-state index contributed by atoms with van der Waals surface area (Å²) < 4.78 is 10.6. The van der Waals surface area contributed by atoms with E-state index in [0.717, 1.165) is 11.4 Å². The lowest BCUT2D eigenvalue weighted by molar-refractivity contribution is -0.140. The van der Waals surface area contributed by atoms with E-state index in [4.69, 9.17) is 9.15 Å². The maximum Gasteiger partial charge on any atom is 0.338 e. The highest BCUT2D eigenvalue weighted by atomic mass is 16.5. The van der Waals surface area contributed by atoms with Gasteiger partial charge in [0.05, 0.1) is 30.7 Å². The minimum Gasteiger partial charge on any atom is -0.465 e. The first-order chi connectivity index (χ1) is 15.1. The van der Waals surface area contributed by atoms with Crippen molar-refractivity contribution in [2.24, 2.45) is 40.6 Å². The predicted octanol–water partition coefficient (Wildman–Crippen LogP) is 3.12. The fourth-order valence-electron chi connectivity index (χ4n) is 5.72. The van der Waals surface area contributed by atoms with Crippen molar-refractivity contribution in [3.05, 3.63) is 59.9 Å². The molecule has 0 spiro atoms. The Kier molecular flexibility index (Phi) is 3.84. The smallest absolute Gasteiger partial charge is 0.338 e. The van der Waals surface area contributed by atoms with E-state index in [-0.39, 0.29) is 35.5 Å². The highest BCUT2D eigenvalue weighted by molar-refractivity contribution is 6.06. The summed E-state index contributed by atoms with van der Waals surface area (Å²) in [5, 5.41) is 5.22. The summed E-state index contributed by atoms with van der Waals surface area (Å²) in [7, 11) is 1.33. The van der Waals surface area contributed by atoms with Gasteiger partial charge in [-0.1, -0.05) is 30.4 Å². The van der Waals surface area contributed by atoms with Crippen molar-refractivity contribution in [1.82, 2.24) is 5.01 Å². The first-order valence-electron chi connectivity index (χ1n) is 10.5. The number of hydrogen-bond donors (Lipinski definition) is 0. The monoisotopic (exact) mass is 416 g/mol. The number of allylic oxidation sites excluding steroid dienone is 2. The molecule has 2 bridgehead atoms. The maximum atomic E-state index is 13.0. The van der Waals surface area contributed by atoms with Crippen LogP contribution in [0.4, 0.5) is 0 Å². The Balaban J connectivity index is 1.25. The van der Waals surface area contributed by atoms with Crippen LogP contribution in [0.15, 0.2) is 58.1 Å². The molecule has 2 heterocycles. The van der Waals surface area contributed by atoms with Crippen molar-refractivity contribution in [2.45, 2.75) is 6.42 Å². The zero-order chi connectivity index (χ0) is 21.3. The van der Waals surface area contributed by atoms with Crippen LogP contribution in [0.3, 0.4) is 0 Å². The van der Waals surface area contributed by atoms with Gasteiger partial charge in [-0.25, -0.2) is 4.79 Å². The van der Waals surface area contributed by atoms with Crippen molar-refractivity contribution in [1.29, 1.82) is 0 Å². The molecule has 7 rings (SSSR count). The lowest BCUT2D eigenvalue weighted by Crippen LogP contribution is -2.40. The minimum atomic E-state index is -0.459. The number of esters is 1. The van der Waals surface area contributed by atoms with Crippen LogP contribution in [0, 0.1) is 35.5 Å². The molecule has 0 unspecified atom stereocenters. The zero-order valence-electron chi connectivity index (χ0n) is 16.8. The molecular formula is C24H20N2O5. The largest absolute Gasteiger partial charge is 0.465 e. The normalized spacial score (nSPS) is 32.5. The van der Waals surface area contributed by atoms with Gasteiger partial charge < -0.3 is 9.15 Å². The molecule has 2 amide bonds. The number of carbonyl (C=O) groups is 3. The molecule has 7 heteroatoms. The van der Waals surface area contributed by atoms with Crippen LogP contribution in [0.5, 0.6) is 0 Å². The Labute approximate surface area is 178 Å². The first kappa shape index (κ1) is 18.3. The van der Waals surface area contributed by atoms with Gasteiger partial charge in [-0.15, -0.1) is 0 Å². The van der Waals surface area contributed by atoms with E-state index in [1.54, 1.807) is 36.4 Å². The summed E-state index contributed by atoms with van der Waals surface area (Å²) in [6.07, 6.45) is 6.78. The van der Waals surface area contributed by atoms with E-state index < -0.39 is 5.97 Å². The topological polar surface area (TPSA) is 89.2 Å². The molecule has 156 valence electrons. The summed E-state index contributed by atoms with van der Waals surface area (Å²) in [6, 6.07) is 10.4. The lowest BCUT2D eigenvalue weighted by atomic mass is 9.63. The zero-order valence-corrected chi connectivity index (χ0v) is 16.8. The number of ether oxygens (including phenoxy) is 1. The summed E-state index contributed by atoms with van der Waals surface area (Å²) in [5.41, 5.74) is 0.980. The van der Waals surface area contributed by atoms with Crippen LogP contribution < -0.4 is 0 Å². The molecule has 31 heavy (non-hydrogen) atoms. The number of imide groups is 1. The SMILES string of the molecule is COC(=O)c1ccccc1-c1ccc(/C=N\N2C(=O)[C@@H]3[C@H]4C=C[C@@H]([C@@H]5C[C@@H]45)[C@@H]3C2=O)o1. The Hall–Kier alpha value is -3.48. The Bertz CT molecular complexity index is 1140. The third-order valence-electron chi connectivity index (χ3n) is 7.16. The van der Waals surface area contributed by atoms with Crippen LogP contribution in [-0.4, -0.2) is 36.1 Å². The molecule has 3 fully saturated rings. The molecule has 0 radical (unpaired) electrons. The lowest BCUT2D eigenvalue weighted by Gasteiger charge is -2.37. The van der Waals surface area contributed by atoms with Crippen molar-refractivity contribution < 1.29 is 23.5 Å². The van der Waals surface area contributed by atoms with Gasteiger partial charge in [-0.3, -0.25) is 9.59 Å². The van der Waals surface area contributed by atoms with Crippen LogP contribution in [0.25, 0.3) is 11.3 Å². The molecule has 4 aliphatic carbocycles. The van der Waals surface area contributed by atoms with Gasteiger partial charge in [0, 0.05) is 5.56 Å². The number of carbonyl (C=O) groups excluding carboxylic acids is 3. The molecule has 2 saturated carbocycles. The summed E-state index contributed by atoms with van der Waals surface area (Å²) in [4.78, 5) is 38.0. The van der Waals surface area contributed by atoms with Gasteiger partial charge in [0.2, 0.25) is 0 Å². The van der Waals surface area contributed by atoms with Crippen LogP contribution >= 0.6 is 0 Å². The van der Waals surface area contributed by atoms with E-state index >= 15 is 0 Å². The molecule has 7 nitrogen and oxygen atoms in total. The van der Waals surface area contributed by atoms with Gasteiger partial charge in [0.25, 0.3) is 11.8 Å². The number of furan rings is 1. The van der Waals surface area contributed by atoms with Crippen molar-refractivity contribution in [3.63, 3.8) is 0 Å². The third kappa shape index (κ3) is 2.59. The number of rotatable bonds is 4. The Morgan fingerprint density at radius 2 is 1.74 bits per heavy atom. The van der Waals surface area contributed by atoms with E-state index in [1.165, 1.54) is 13.3 Å². The fraction of sp³-hybridized carbons (Fsp3) is 0.333. The molecule has 1 saturated heterocycles. The Morgan fingerprint density at radius 3 is 2.42 bits per heavy atom. The number of nitrogens with zero attached hydrogens (tertiary/aromatic N) is 2. The molecule has 0 N–H and O–H groups in total. The quantitative estimate of drug-likeness (QED) is 0.331. The highest BCUT2D eigenvalue weighted by Crippen LogP contribution is 2.65.